The Morgan fingerprint density at radius 3 is 2.81 bits per heavy atom. The first-order valence-corrected chi connectivity index (χ1v) is 11.0. The SMILES string of the molecule is C.Cc1nc2n(c(=O)c1CCN1CCC(c3noc4cc(F)ccc34)CC1)CCCC2. The Kier molecular flexibility index (Phi) is 6.23. The molecule has 0 N–H and O–H groups in total. The molecule has 0 saturated carbocycles. The molecule has 0 amide bonds. The molecule has 2 aliphatic heterocycles. The minimum Gasteiger partial charge on any atom is -0.356 e. The largest absolute Gasteiger partial charge is 0.356 e. The number of fused-ring (bicyclic) bond motifs is 2. The summed E-state index contributed by atoms with van der Waals surface area (Å²) in [5.74, 6) is 0.974. The van der Waals surface area contributed by atoms with Crippen molar-refractivity contribution in [2.45, 2.75) is 65.3 Å². The van der Waals surface area contributed by atoms with Crippen LogP contribution in [0.15, 0.2) is 27.5 Å². The summed E-state index contributed by atoms with van der Waals surface area (Å²) in [4.78, 5) is 20.1. The van der Waals surface area contributed by atoms with Crippen LogP contribution < -0.4 is 5.56 Å². The molecule has 0 unspecified atom stereocenters. The maximum Gasteiger partial charge on any atom is 0.256 e. The Labute approximate surface area is 182 Å². The number of likely N-dealkylation sites (tertiary alicyclic amines) is 1. The lowest BCUT2D eigenvalue weighted by atomic mass is 9.91. The minimum atomic E-state index is -0.303. The Hall–Kier alpha value is -2.54. The highest BCUT2D eigenvalue weighted by Crippen LogP contribution is 2.32. The zero-order chi connectivity index (χ0) is 20.7. The van der Waals surface area contributed by atoms with Crippen LogP contribution in [-0.4, -0.2) is 39.2 Å². The van der Waals surface area contributed by atoms with Gasteiger partial charge in [-0.05, 0) is 64.3 Å². The van der Waals surface area contributed by atoms with Gasteiger partial charge in [-0.2, -0.15) is 0 Å². The minimum absolute atomic E-state index is 0. The maximum absolute atomic E-state index is 13.4. The van der Waals surface area contributed by atoms with Gasteiger partial charge < -0.3 is 9.42 Å². The Morgan fingerprint density at radius 1 is 1.19 bits per heavy atom. The van der Waals surface area contributed by atoms with Gasteiger partial charge in [0, 0.05) is 48.1 Å². The number of benzene rings is 1. The van der Waals surface area contributed by atoms with E-state index in [1.165, 1.54) is 12.1 Å². The van der Waals surface area contributed by atoms with Gasteiger partial charge in [-0.1, -0.05) is 12.6 Å². The molecule has 0 atom stereocenters. The molecule has 2 aromatic heterocycles. The highest BCUT2D eigenvalue weighted by Gasteiger charge is 2.25. The first-order valence-electron chi connectivity index (χ1n) is 11.0. The topological polar surface area (TPSA) is 64.2 Å². The van der Waals surface area contributed by atoms with Crippen molar-refractivity contribution in [2.24, 2.45) is 0 Å². The van der Waals surface area contributed by atoms with E-state index in [2.05, 4.69) is 10.1 Å². The molecule has 2 aliphatic rings. The highest BCUT2D eigenvalue weighted by molar-refractivity contribution is 5.79. The van der Waals surface area contributed by atoms with E-state index in [1.807, 2.05) is 11.5 Å². The molecule has 3 aromatic rings. The van der Waals surface area contributed by atoms with Crippen LogP contribution in [0.5, 0.6) is 0 Å². The monoisotopic (exact) mass is 426 g/mol. The molecule has 4 heterocycles. The molecular formula is C24H31FN4O2. The van der Waals surface area contributed by atoms with E-state index in [4.69, 9.17) is 9.51 Å². The normalized spacial score (nSPS) is 17.5. The van der Waals surface area contributed by atoms with Crippen LogP contribution in [0, 0.1) is 12.7 Å². The fourth-order valence-electron chi connectivity index (χ4n) is 4.94. The molecule has 0 bridgehead atoms. The Morgan fingerprint density at radius 2 is 2.00 bits per heavy atom. The average Bonchev–Trinajstić information content (AvgIpc) is 3.17. The molecular weight excluding hydrogens is 395 g/mol. The third kappa shape index (κ3) is 4.15. The fourth-order valence-corrected chi connectivity index (χ4v) is 4.94. The number of hydrogen-bond donors (Lipinski definition) is 0. The van der Waals surface area contributed by atoms with E-state index in [9.17, 15) is 9.18 Å². The van der Waals surface area contributed by atoms with Crippen LogP contribution in [0.1, 0.15) is 61.8 Å². The maximum atomic E-state index is 13.4. The number of piperidine rings is 1. The first kappa shape index (κ1) is 21.7. The Bertz CT molecular complexity index is 1130. The third-order valence-electron chi connectivity index (χ3n) is 6.69. The molecule has 1 saturated heterocycles. The average molecular weight is 427 g/mol. The number of aromatic nitrogens is 3. The van der Waals surface area contributed by atoms with Crippen LogP contribution in [0.25, 0.3) is 11.0 Å². The summed E-state index contributed by atoms with van der Waals surface area (Å²) in [5, 5.41) is 5.15. The van der Waals surface area contributed by atoms with Gasteiger partial charge in [-0.25, -0.2) is 9.37 Å². The van der Waals surface area contributed by atoms with Gasteiger partial charge in [0.2, 0.25) is 0 Å². The van der Waals surface area contributed by atoms with Crippen molar-refractivity contribution in [1.29, 1.82) is 0 Å². The molecule has 1 fully saturated rings. The summed E-state index contributed by atoms with van der Waals surface area (Å²) in [6.45, 7) is 5.55. The Balaban J connectivity index is 0.00000231. The molecule has 0 spiro atoms. The zero-order valence-electron chi connectivity index (χ0n) is 17.4. The number of nitrogens with zero attached hydrogens (tertiary/aromatic N) is 4. The predicted octanol–water partition coefficient (Wildman–Crippen LogP) is 4.23. The molecule has 7 heteroatoms. The van der Waals surface area contributed by atoms with Crippen LogP contribution in [0.3, 0.4) is 0 Å². The van der Waals surface area contributed by atoms with Crippen LogP contribution in [0.4, 0.5) is 4.39 Å². The lowest BCUT2D eigenvalue weighted by Gasteiger charge is -2.31. The molecule has 6 nitrogen and oxygen atoms in total. The van der Waals surface area contributed by atoms with Gasteiger partial charge in [0.1, 0.15) is 11.6 Å². The van der Waals surface area contributed by atoms with Crippen molar-refractivity contribution in [3.8, 4) is 0 Å². The van der Waals surface area contributed by atoms with Crippen molar-refractivity contribution in [3.05, 3.63) is 57.1 Å². The zero-order valence-corrected chi connectivity index (χ0v) is 17.4. The third-order valence-corrected chi connectivity index (χ3v) is 6.69. The van der Waals surface area contributed by atoms with Crippen molar-refractivity contribution < 1.29 is 8.91 Å². The number of halogens is 1. The van der Waals surface area contributed by atoms with Crippen molar-refractivity contribution in [3.63, 3.8) is 0 Å². The number of aryl methyl sites for hydroxylation is 2. The van der Waals surface area contributed by atoms with Crippen LogP contribution >= 0.6 is 0 Å². The van der Waals surface area contributed by atoms with Gasteiger partial charge in [0.15, 0.2) is 5.58 Å². The smallest absolute Gasteiger partial charge is 0.256 e. The molecule has 1 aromatic carbocycles. The molecule has 31 heavy (non-hydrogen) atoms. The summed E-state index contributed by atoms with van der Waals surface area (Å²) in [6, 6.07) is 4.63. The van der Waals surface area contributed by atoms with Gasteiger partial charge in [0.25, 0.3) is 5.56 Å². The second-order valence-corrected chi connectivity index (χ2v) is 8.58. The predicted molar refractivity (Wildman–Crippen MR) is 119 cm³/mol. The van der Waals surface area contributed by atoms with Crippen LogP contribution in [0.2, 0.25) is 0 Å². The molecule has 5 rings (SSSR count). The molecule has 0 aliphatic carbocycles. The lowest BCUT2D eigenvalue weighted by Crippen LogP contribution is -2.37. The summed E-state index contributed by atoms with van der Waals surface area (Å²) in [6.07, 6.45) is 5.81. The van der Waals surface area contributed by atoms with E-state index in [0.717, 1.165) is 92.9 Å². The van der Waals surface area contributed by atoms with Gasteiger partial charge in [-0.3, -0.25) is 9.36 Å². The van der Waals surface area contributed by atoms with Crippen LogP contribution in [-0.2, 0) is 19.4 Å². The summed E-state index contributed by atoms with van der Waals surface area (Å²) in [5.41, 5.74) is 3.38. The van der Waals surface area contributed by atoms with Crippen molar-refractivity contribution >= 4 is 11.0 Å². The van der Waals surface area contributed by atoms with E-state index < -0.39 is 0 Å². The number of hydrogen-bond acceptors (Lipinski definition) is 5. The standard InChI is InChI=1S/C23H27FN4O2.CH4/c1-15-18(23(29)28-10-3-2-4-21(28)25-15)9-13-27-11-7-16(8-12-27)22-19-6-5-17(24)14-20(19)30-26-22;/h5-6,14,16H,2-4,7-13H2,1H3;1H4. The van der Waals surface area contributed by atoms with E-state index >= 15 is 0 Å². The van der Waals surface area contributed by atoms with E-state index in [1.54, 1.807) is 6.07 Å². The summed E-state index contributed by atoms with van der Waals surface area (Å²) in [7, 11) is 0. The second-order valence-electron chi connectivity index (χ2n) is 8.58. The lowest BCUT2D eigenvalue weighted by molar-refractivity contribution is 0.211. The van der Waals surface area contributed by atoms with E-state index in [0.29, 0.717) is 11.5 Å². The summed E-state index contributed by atoms with van der Waals surface area (Å²) < 4.78 is 20.6. The van der Waals surface area contributed by atoms with Gasteiger partial charge >= 0.3 is 0 Å². The van der Waals surface area contributed by atoms with Gasteiger partial charge in [-0.15, -0.1) is 0 Å². The van der Waals surface area contributed by atoms with E-state index in [-0.39, 0.29) is 18.8 Å². The number of rotatable bonds is 4. The second kappa shape index (κ2) is 8.91. The summed E-state index contributed by atoms with van der Waals surface area (Å²) >= 11 is 0. The highest BCUT2D eigenvalue weighted by atomic mass is 19.1. The molecule has 0 radical (unpaired) electrons. The fraction of sp³-hybridized carbons (Fsp3) is 0.542. The van der Waals surface area contributed by atoms with Gasteiger partial charge in [0.05, 0.1) is 5.69 Å². The van der Waals surface area contributed by atoms with Crippen molar-refractivity contribution in [1.82, 2.24) is 19.6 Å². The molecule has 166 valence electrons. The quantitative estimate of drug-likeness (QED) is 0.625. The van der Waals surface area contributed by atoms with Crippen molar-refractivity contribution in [2.75, 3.05) is 19.6 Å². The first-order chi connectivity index (χ1) is 14.6.